The summed E-state index contributed by atoms with van der Waals surface area (Å²) in [5.41, 5.74) is 6.94. The highest BCUT2D eigenvalue weighted by molar-refractivity contribution is 7.80. The number of hydrazine groups is 1. The van der Waals surface area contributed by atoms with Crippen molar-refractivity contribution < 1.29 is 19.1 Å². The fourth-order valence-electron chi connectivity index (χ4n) is 2.52. The van der Waals surface area contributed by atoms with E-state index in [9.17, 15) is 9.59 Å². The maximum Gasteiger partial charge on any atom is 0.269 e. The zero-order chi connectivity index (χ0) is 22.1. The van der Waals surface area contributed by atoms with Crippen molar-refractivity contribution in [2.75, 3.05) is 20.3 Å². The minimum atomic E-state index is -0.454. The number of benzene rings is 2. The van der Waals surface area contributed by atoms with Crippen LogP contribution in [0, 0.1) is 0 Å². The van der Waals surface area contributed by atoms with E-state index >= 15 is 0 Å². The van der Waals surface area contributed by atoms with Crippen LogP contribution in [-0.4, -0.2) is 37.3 Å². The van der Waals surface area contributed by atoms with Crippen molar-refractivity contribution in [2.24, 2.45) is 0 Å². The molecule has 0 bridgehead atoms. The molecule has 160 valence electrons. The summed E-state index contributed by atoms with van der Waals surface area (Å²) in [6.07, 6.45) is 0. The molecule has 2 amide bonds. The van der Waals surface area contributed by atoms with Crippen molar-refractivity contribution in [3.05, 3.63) is 65.2 Å². The van der Waals surface area contributed by atoms with E-state index in [2.05, 4.69) is 36.9 Å². The number of hydrogen-bond donors (Lipinski definition) is 3. The first kappa shape index (κ1) is 23.3. The van der Waals surface area contributed by atoms with Gasteiger partial charge < -0.3 is 9.47 Å². The third-order valence-electron chi connectivity index (χ3n) is 4.21. The Morgan fingerprint density at radius 2 is 1.60 bits per heavy atom. The zero-order valence-electron chi connectivity index (χ0n) is 17.6. The molecule has 0 aliphatic carbocycles. The Balaban J connectivity index is 1.90. The van der Waals surface area contributed by atoms with Crippen LogP contribution >= 0.6 is 12.2 Å². The smallest absolute Gasteiger partial charge is 0.269 e. The Hall–Kier alpha value is -2.97. The maximum absolute atomic E-state index is 12.5. The summed E-state index contributed by atoms with van der Waals surface area (Å²) in [5.74, 6) is -0.405. The van der Waals surface area contributed by atoms with Gasteiger partial charge in [0, 0.05) is 12.7 Å². The van der Waals surface area contributed by atoms with Crippen molar-refractivity contribution in [1.29, 1.82) is 0 Å². The molecule has 0 unspecified atom stereocenters. The van der Waals surface area contributed by atoms with E-state index in [1.54, 1.807) is 43.5 Å². The molecular formula is C22H27N3O4S. The van der Waals surface area contributed by atoms with Gasteiger partial charge in [0.15, 0.2) is 5.11 Å². The molecule has 0 saturated heterocycles. The quantitative estimate of drug-likeness (QED) is 0.372. The van der Waals surface area contributed by atoms with Gasteiger partial charge in [0.05, 0.1) is 12.2 Å². The standard InChI is InChI=1S/C22H27N3O4S/c1-22(2,3)16-11-9-15(10-12-16)19(26)24-25-21(30)23-20(27)17-7-5-6-8-18(17)29-14-13-28-4/h5-12H,13-14H2,1-4H3,(H,24,26)(H2,23,25,27,30). The lowest BCUT2D eigenvalue weighted by Crippen LogP contribution is -2.48. The lowest BCUT2D eigenvalue weighted by molar-refractivity contribution is 0.0933. The van der Waals surface area contributed by atoms with E-state index in [-0.39, 0.29) is 16.4 Å². The molecular weight excluding hydrogens is 402 g/mol. The van der Waals surface area contributed by atoms with Crippen LogP contribution in [0.3, 0.4) is 0 Å². The number of carbonyl (C=O) groups is 2. The fraction of sp³-hybridized carbons (Fsp3) is 0.318. The number of ether oxygens (including phenoxy) is 2. The first-order valence-electron chi connectivity index (χ1n) is 9.45. The van der Waals surface area contributed by atoms with E-state index in [4.69, 9.17) is 21.7 Å². The van der Waals surface area contributed by atoms with Gasteiger partial charge in [-0.1, -0.05) is 45.0 Å². The van der Waals surface area contributed by atoms with Crippen molar-refractivity contribution >= 4 is 29.1 Å². The van der Waals surface area contributed by atoms with Crippen LogP contribution in [0.2, 0.25) is 0 Å². The first-order valence-corrected chi connectivity index (χ1v) is 9.86. The van der Waals surface area contributed by atoms with Gasteiger partial charge in [0.2, 0.25) is 0 Å². The Kier molecular flexibility index (Phi) is 8.32. The van der Waals surface area contributed by atoms with Crippen LogP contribution in [0.1, 0.15) is 47.1 Å². The van der Waals surface area contributed by atoms with E-state index in [0.29, 0.717) is 30.1 Å². The van der Waals surface area contributed by atoms with Crippen LogP contribution in [0.15, 0.2) is 48.5 Å². The Morgan fingerprint density at radius 1 is 0.933 bits per heavy atom. The molecule has 2 aromatic rings. The molecule has 2 rings (SSSR count). The molecule has 0 atom stereocenters. The summed E-state index contributed by atoms with van der Waals surface area (Å²) in [6.45, 7) is 7.02. The Morgan fingerprint density at radius 3 is 2.23 bits per heavy atom. The topological polar surface area (TPSA) is 88.7 Å². The lowest BCUT2D eigenvalue weighted by Gasteiger charge is -2.19. The average Bonchev–Trinajstić information content (AvgIpc) is 2.72. The van der Waals surface area contributed by atoms with Gasteiger partial charge in [0.1, 0.15) is 12.4 Å². The molecule has 0 heterocycles. The summed E-state index contributed by atoms with van der Waals surface area (Å²) >= 11 is 5.10. The minimum absolute atomic E-state index is 0.00265. The van der Waals surface area contributed by atoms with Gasteiger partial charge in [0.25, 0.3) is 11.8 Å². The summed E-state index contributed by atoms with van der Waals surface area (Å²) in [4.78, 5) is 24.8. The summed E-state index contributed by atoms with van der Waals surface area (Å²) < 4.78 is 10.5. The largest absolute Gasteiger partial charge is 0.490 e. The second-order valence-electron chi connectivity index (χ2n) is 7.53. The van der Waals surface area contributed by atoms with Crippen LogP contribution in [0.25, 0.3) is 0 Å². The number of hydrogen-bond acceptors (Lipinski definition) is 5. The number of amides is 2. The van der Waals surface area contributed by atoms with E-state index in [1.807, 2.05) is 12.1 Å². The summed E-state index contributed by atoms with van der Waals surface area (Å²) in [7, 11) is 1.57. The molecule has 0 aromatic heterocycles. The molecule has 8 heteroatoms. The number of para-hydroxylation sites is 1. The third-order valence-corrected chi connectivity index (χ3v) is 4.41. The molecule has 0 aliphatic rings. The van der Waals surface area contributed by atoms with Gasteiger partial charge in [-0.3, -0.25) is 25.8 Å². The summed E-state index contributed by atoms with van der Waals surface area (Å²) in [6, 6.07) is 14.1. The number of methoxy groups -OCH3 is 1. The molecule has 0 aliphatic heterocycles. The third kappa shape index (κ3) is 6.82. The monoisotopic (exact) mass is 429 g/mol. The molecule has 2 aromatic carbocycles. The first-order chi connectivity index (χ1) is 14.2. The molecule has 0 saturated carbocycles. The highest BCUT2D eigenvalue weighted by Gasteiger charge is 2.16. The highest BCUT2D eigenvalue weighted by atomic mass is 32.1. The Bertz CT molecular complexity index is 892. The minimum Gasteiger partial charge on any atom is -0.490 e. The second-order valence-corrected chi connectivity index (χ2v) is 7.94. The SMILES string of the molecule is COCCOc1ccccc1C(=O)NC(=S)NNC(=O)c1ccc(C(C)(C)C)cc1. The van der Waals surface area contributed by atoms with Gasteiger partial charge in [-0.05, 0) is 47.5 Å². The number of carbonyl (C=O) groups excluding carboxylic acids is 2. The number of nitrogens with one attached hydrogen (secondary N) is 3. The maximum atomic E-state index is 12.5. The van der Waals surface area contributed by atoms with Crippen molar-refractivity contribution in [3.63, 3.8) is 0 Å². The predicted molar refractivity (Wildman–Crippen MR) is 120 cm³/mol. The van der Waals surface area contributed by atoms with Crippen LogP contribution < -0.4 is 20.9 Å². The number of rotatable bonds is 6. The van der Waals surface area contributed by atoms with Crippen LogP contribution in [0.5, 0.6) is 5.75 Å². The highest BCUT2D eigenvalue weighted by Crippen LogP contribution is 2.22. The fourth-order valence-corrected chi connectivity index (χ4v) is 2.67. The van der Waals surface area contributed by atoms with Gasteiger partial charge >= 0.3 is 0 Å². The molecule has 3 N–H and O–H groups in total. The van der Waals surface area contributed by atoms with Crippen LogP contribution in [0.4, 0.5) is 0 Å². The van der Waals surface area contributed by atoms with Crippen LogP contribution in [-0.2, 0) is 10.2 Å². The van der Waals surface area contributed by atoms with Gasteiger partial charge in [-0.25, -0.2) is 0 Å². The second kappa shape index (κ2) is 10.7. The molecule has 0 radical (unpaired) electrons. The molecule has 0 spiro atoms. The average molecular weight is 430 g/mol. The molecule has 7 nitrogen and oxygen atoms in total. The van der Waals surface area contributed by atoms with Gasteiger partial charge in [-0.15, -0.1) is 0 Å². The number of thiocarbonyl (C=S) groups is 1. The Labute approximate surface area is 182 Å². The van der Waals surface area contributed by atoms with Crippen molar-refractivity contribution in [3.8, 4) is 5.75 Å². The van der Waals surface area contributed by atoms with Gasteiger partial charge in [-0.2, -0.15) is 0 Å². The molecule has 30 heavy (non-hydrogen) atoms. The van der Waals surface area contributed by atoms with Crippen molar-refractivity contribution in [1.82, 2.24) is 16.2 Å². The lowest BCUT2D eigenvalue weighted by atomic mass is 9.87. The normalized spacial score (nSPS) is 10.8. The van der Waals surface area contributed by atoms with Crippen molar-refractivity contribution in [2.45, 2.75) is 26.2 Å². The predicted octanol–water partition coefficient (Wildman–Crippen LogP) is 2.96. The zero-order valence-corrected chi connectivity index (χ0v) is 18.4. The van der Waals surface area contributed by atoms with E-state index < -0.39 is 5.91 Å². The van der Waals surface area contributed by atoms with E-state index in [1.165, 1.54) is 0 Å². The summed E-state index contributed by atoms with van der Waals surface area (Å²) in [5, 5.41) is 2.48. The molecule has 0 fully saturated rings. The van der Waals surface area contributed by atoms with E-state index in [0.717, 1.165) is 5.56 Å².